The smallest absolute Gasteiger partial charge is 0.303 e. The average Bonchev–Trinajstić information content (AvgIpc) is 2.99. The molecule has 2 aromatic rings. The fourth-order valence-corrected chi connectivity index (χ4v) is 3.97. The van der Waals surface area contributed by atoms with Crippen LogP contribution in [0.5, 0.6) is 0 Å². The molecule has 6 nitrogen and oxygen atoms in total. The molecule has 0 saturated carbocycles. The predicted octanol–water partition coefficient (Wildman–Crippen LogP) is 4.82. The molecule has 1 fully saturated rings. The van der Waals surface area contributed by atoms with E-state index in [4.69, 9.17) is 5.11 Å². The maximum atomic E-state index is 12.9. The van der Waals surface area contributed by atoms with Crippen molar-refractivity contribution in [2.75, 3.05) is 6.54 Å². The molecule has 2 aromatic carbocycles. The number of likely N-dealkylation sites (tertiary alicyclic amines) is 1. The van der Waals surface area contributed by atoms with E-state index >= 15 is 0 Å². The fourth-order valence-electron chi connectivity index (χ4n) is 3.70. The van der Waals surface area contributed by atoms with Crippen LogP contribution in [0.1, 0.15) is 48.4 Å². The number of ketones is 1. The monoisotopic (exact) mass is 485 g/mol. The molecule has 162 valence electrons. The Morgan fingerprint density at radius 2 is 1.61 bits per heavy atom. The number of amides is 1. The standard InChI is InChI=1S/C24H24BrNO5/c1-15-6-8-16(9-7-15)21-20(22(29)17-10-12-18(25)13-11-17)23(30)24(31)26(21)14-4-2-3-5-19(27)28/h6-13,21,29H,2-5,14H2,1H3,(H,27,28)/b22-20+/t21-/m1/s1. The summed E-state index contributed by atoms with van der Waals surface area (Å²) in [6.45, 7) is 2.25. The Hall–Kier alpha value is -2.93. The number of halogens is 1. The van der Waals surface area contributed by atoms with Crippen molar-refractivity contribution < 1.29 is 24.6 Å². The zero-order valence-corrected chi connectivity index (χ0v) is 18.8. The quantitative estimate of drug-likeness (QED) is 0.241. The van der Waals surface area contributed by atoms with E-state index in [1.54, 1.807) is 24.3 Å². The van der Waals surface area contributed by atoms with Gasteiger partial charge in [-0.15, -0.1) is 0 Å². The highest BCUT2D eigenvalue weighted by Crippen LogP contribution is 2.39. The van der Waals surface area contributed by atoms with Gasteiger partial charge in [-0.2, -0.15) is 0 Å². The number of Topliss-reactive ketones (excluding diaryl/α,β-unsaturated/α-hetero) is 1. The third-order valence-electron chi connectivity index (χ3n) is 5.34. The number of aliphatic hydroxyl groups is 1. The Morgan fingerprint density at radius 3 is 2.23 bits per heavy atom. The van der Waals surface area contributed by atoms with Crippen LogP contribution < -0.4 is 0 Å². The third-order valence-corrected chi connectivity index (χ3v) is 5.87. The van der Waals surface area contributed by atoms with Crippen LogP contribution in [0.4, 0.5) is 0 Å². The van der Waals surface area contributed by atoms with Crippen molar-refractivity contribution in [3.05, 3.63) is 75.3 Å². The number of aliphatic carboxylic acids is 1. The Balaban J connectivity index is 1.96. The number of carbonyl (C=O) groups excluding carboxylic acids is 2. The second-order valence-corrected chi connectivity index (χ2v) is 8.53. The number of unbranched alkanes of at least 4 members (excludes halogenated alkanes) is 2. The van der Waals surface area contributed by atoms with Crippen LogP contribution in [0.3, 0.4) is 0 Å². The van der Waals surface area contributed by atoms with Gasteiger partial charge in [0.25, 0.3) is 11.7 Å². The summed E-state index contributed by atoms with van der Waals surface area (Å²) in [5.74, 6) is -2.42. The van der Waals surface area contributed by atoms with E-state index in [1.165, 1.54) is 4.90 Å². The van der Waals surface area contributed by atoms with Crippen LogP contribution >= 0.6 is 15.9 Å². The van der Waals surface area contributed by atoms with E-state index in [-0.39, 0.29) is 17.8 Å². The number of carboxylic acid groups (broad SMARTS) is 1. The molecule has 2 N–H and O–H groups in total. The molecule has 0 radical (unpaired) electrons. The first-order valence-corrected chi connectivity index (χ1v) is 10.9. The molecule has 0 aromatic heterocycles. The summed E-state index contributed by atoms with van der Waals surface area (Å²) in [4.78, 5) is 38.0. The molecule has 1 saturated heterocycles. The molecule has 3 rings (SSSR count). The predicted molar refractivity (Wildman–Crippen MR) is 120 cm³/mol. The molecule has 0 bridgehead atoms. The van der Waals surface area contributed by atoms with Gasteiger partial charge < -0.3 is 15.1 Å². The summed E-state index contributed by atoms with van der Waals surface area (Å²) in [5.41, 5.74) is 2.32. The van der Waals surface area contributed by atoms with Crippen molar-refractivity contribution in [3.8, 4) is 0 Å². The lowest BCUT2D eigenvalue weighted by Crippen LogP contribution is -2.30. The van der Waals surface area contributed by atoms with Crippen molar-refractivity contribution in [2.24, 2.45) is 0 Å². The van der Waals surface area contributed by atoms with Crippen LogP contribution in [-0.2, 0) is 14.4 Å². The van der Waals surface area contributed by atoms with Gasteiger partial charge in [0.2, 0.25) is 0 Å². The first kappa shape index (κ1) is 22.7. The summed E-state index contributed by atoms with van der Waals surface area (Å²) in [6.07, 6.45) is 1.78. The number of hydrogen-bond acceptors (Lipinski definition) is 4. The Morgan fingerprint density at radius 1 is 0.968 bits per heavy atom. The molecule has 1 aliphatic heterocycles. The second kappa shape index (κ2) is 9.92. The summed E-state index contributed by atoms with van der Waals surface area (Å²) >= 11 is 3.35. The normalized spacial score (nSPS) is 17.9. The minimum Gasteiger partial charge on any atom is -0.507 e. The van der Waals surface area contributed by atoms with Crippen molar-refractivity contribution in [2.45, 2.75) is 38.6 Å². The number of nitrogens with zero attached hydrogens (tertiary/aromatic N) is 1. The molecule has 1 atom stereocenters. The molecular formula is C24H24BrNO5. The number of carbonyl (C=O) groups is 3. The molecule has 0 spiro atoms. The van der Waals surface area contributed by atoms with Crippen molar-refractivity contribution >= 4 is 39.3 Å². The first-order valence-electron chi connectivity index (χ1n) is 10.1. The summed E-state index contributed by atoms with van der Waals surface area (Å²) in [6, 6.07) is 13.7. The molecule has 0 aliphatic carbocycles. The van der Waals surface area contributed by atoms with Gasteiger partial charge >= 0.3 is 5.97 Å². The lowest BCUT2D eigenvalue weighted by atomic mass is 9.94. The van der Waals surface area contributed by atoms with Crippen LogP contribution in [-0.4, -0.2) is 39.3 Å². The first-order chi connectivity index (χ1) is 14.8. The number of carboxylic acids is 1. The summed E-state index contributed by atoms with van der Waals surface area (Å²) in [7, 11) is 0. The molecule has 1 heterocycles. The van der Waals surface area contributed by atoms with Gasteiger partial charge in [0.15, 0.2) is 0 Å². The third kappa shape index (κ3) is 5.22. The lowest BCUT2D eigenvalue weighted by Gasteiger charge is -2.25. The highest BCUT2D eigenvalue weighted by Gasteiger charge is 2.45. The van der Waals surface area contributed by atoms with E-state index in [0.717, 1.165) is 15.6 Å². The topological polar surface area (TPSA) is 94.9 Å². The van der Waals surface area contributed by atoms with Gasteiger partial charge in [0.05, 0.1) is 11.6 Å². The van der Waals surface area contributed by atoms with E-state index in [2.05, 4.69) is 15.9 Å². The highest BCUT2D eigenvalue weighted by atomic mass is 79.9. The lowest BCUT2D eigenvalue weighted by molar-refractivity contribution is -0.140. The zero-order valence-electron chi connectivity index (χ0n) is 17.2. The van der Waals surface area contributed by atoms with Crippen LogP contribution in [0.15, 0.2) is 58.6 Å². The number of aryl methyl sites for hydroxylation is 1. The summed E-state index contributed by atoms with van der Waals surface area (Å²) in [5, 5.41) is 19.8. The molecule has 7 heteroatoms. The molecular weight excluding hydrogens is 462 g/mol. The average molecular weight is 486 g/mol. The van der Waals surface area contributed by atoms with Crippen LogP contribution in [0, 0.1) is 6.92 Å². The molecule has 1 amide bonds. The van der Waals surface area contributed by atoms with Gasteiger partial charge in [-0.25, -0.2) is 0 Å². The maximum Gasteiger partial charge on any atom is 0.303 e. The Labute approximate surface area is 189 Å². The van der Waals surface area contributed by atoms with E-state index < -0.39 is 23.7 Å². The van der Waals surface area contributed by atoms with Crippen molar-refractivity contribution in [1.29, 1.82) is 0 Å². The van der Waals surface area contributed by atoms with Crippen LogP contribution in [0.2, 0.25) is 0 Å². The molecule has 0 unspecified atom stereocenters. The summed E-state index contributed by atoms with van der Waals surface area (Å²) < 4.78 is 0.834. The van der Waals surface area contributed by atoms with Gasteiger partial charge in [-0.3, -0.25) is 14.4 Å². The van der Waals surface area contributed by atoms with E-state index in [1.807, 2.05) is 31.2 Å². The van der Waals surface area contributed by atoms with E-state index in [9.17, 15) is 19.5 Å². The SMILES string of the molecule is Cc1ccc([C@@H]2/C(=C(\O)c3ccc(Br)cc3)C(=O)C(=O)N2CCCCCC(=O)O)cc1. The zero-order chi connectivity index (χ0) is 22.5. The van der Waals surface area contributed by atoms with E-state index in [0.29, 0.717) is 31.4 Å². The Kier molecular flexibility index (Phi) is 7.28. The van der Waals surface area contributed by atoms with Crippen molar-refractivity contribution in [3.63, 3.8) is 0 Å². The van der Waals surface area contributed by atoms with Gasteiger partial charge in [-0.05, 0) is 37.5 Å². The minimum absolute atomic E-state index is 0.0710. The molecule has 1 aliphatic rings. The van der Waals surface area contributed by atoms with Crippen LogP contribution in [0.25, 0.3) is 5.76 Å². The fraction of sp³-hybridized carbons (Fsp3) is 0.292. The van der Waals surface area contributed by atoms with Gasteiger partial charge in [0, 0.05) is 23.0 Å². The maximum absolute atomic E-state index is 12.9. The number of hydrogen-bond donors (Lipinski definition) is 2. The molecule has 31 heavy (non-hydrogen) atoms. The number of rotatable bonds is 8. The number of aliphatic hydroxyl groups excluding tert-OH is 1. The van der Waals surface area contributed by atoms with Crippen molar-refractivity contribution in [1.82, 2.24) is 4.90 Å². The minimum atomic E-state index is -0.852. The second-order valence-electron chi connectivity index (χ2n) is 7.61. The largest absolute Gasteiger partial charge is 0.507 e. The van der Waals surface area contributed by atoms with Gasteiger partial charge in [0.1, 0.15) is 5.76 Å². The number of benzene rings is 2. The van der Waals surface area contributed by atoms with Gasteiger partial charge in [-0.1, -0.05) is 64.3 Å². The Bertz CT molecular complexity index is 1010. The highest BCUT2D eigenvalue weighted by molar-refractivity contribution is 9.10.